The molecule has 2 rings (SSSR count). The highest BCUT2D eigenvalue weighted by molar-refractivity contribution is 5.80. The van der Waals surface area contributed by atoms with E-state index < -0.39 is 17.8 Å². The highest BCUT2D eigenvalue weighted by atomic mass is 19.4. The van der Waals surface area contributed by atoms with Gasteiger partial charge in [-0.05, 0) is 17.7 Å². The largest absolute Gasteiger partial charge is 0.416 e. The molecule has 1 unspecified atom stereocenters. The molecule has 1 aromatic carbocycles. The van der Waals surface area contributed by atoms with E-state index in [0.717, 1.165) is 12.1 Å². The molecule has 0 radical (unpaired) electrons. The number of hydrogen-bond donors (Lipinski definition) is 1. The Morgan fingerprint density at radius 2 is 2.30 bits per heavy atom. The molecule has 124 valence electrons. The van der Waals surface area contributed by atoms with Gasteiger partial charge in [-0.2, -0.15) is 13.2 Å². The summed E-state index contributed by atoms with van der Waals surface area (Å²) in [5, 5.41) is 3.00. The maximum Gasteiger partial charge on any atom is 0.416 e. The van der Waals surface area contributed by atoms with Crippen LogP contribution in [0.1, 0.15) is 17.2 Å². The smallest absolute Gasteiger partial charge is 0.370 e. The Labute approximate surface area is 133 Å². The molecule has 0 bridgehead atoms. The van der Waals surface area contributed by atoms with Gasteiger partial charge in [-0.15, -0.1) is 6.42 Å². The van der Waals surface area contributed by atoms with Crippen LogP contribution in [0.5, 0.6) is 0 Å². The van der Waals surface area contributed by atoms with Gasteiger partial charge in [0.05, 0.1) is 25.3 Å². The molecule has 1 atom stereocenters. The minimum Gasteiger partial charge on any atom is -0.370 e. The number of nitrogens with one attached hydrogen (secondary N) is 1. The topological polar surface area (TPSA) is 36.9 Å². The number of rotatable bonds is 2. The van der Waals surface area contributed by atoms with E-state index in [1.807, 2.05) is 4.90 Å². The molecule has 0 amide bonds. The Bertz CT molecular complexity index is 607. The first-order chi connectivity index (χ1) is 11.0. The average Bonchev–Trinajstić information content (AvgIpc) is 2.55. The number of benzene rings is 1. The fraction of sp³-hybridized carbons (Fsp3) is 0.438. The average molecular weight is 325 g/mol. The maximum atomic E-state index is 12.8. The van der Waals surface area contributed by atoms with Crippen LogP contribution in [0.3, 0.4) is 0 Å². The molecular formula is C16H18F3N3O. The van der Waals surface area contributed by atoms with E-state index >= 15 is 0 Å². The maximum absolute atomic E-state index is 12.8. The van der Waals surface area contributed by atoms with Gasteiger partial charge in [0.25, 0.3) is 0 Å². The molecule has 0 saturated carbocycles. The monoisotopic (exact) mass is 325 g/mol. The van der Waals surface area contributed by atoms with E-state index in [2.05, 4.69) is 16.2 Å². The first-order valence-electron chi connectivity index (χ1n) is 7.13. The van der Waals surface area contributed by atoms with Gasteiger partial charge in [-0.3, -0.25) is 4.99 Å². The van der Waals surface area contributed by atoms with Crippen LogP contribution in [-0.4, -0.2) is 44.1 Å². The molecule has 23 heavy (non-hydrogen) atoms. The standard InChI is InChI=1S/C16H18F3N3O/c1-3-7-21-15(20-2)22-8-9-23-14(11-22)12-5-4-6-13(10-12)16(17,18)19/h1,4-6,10,14H,7-9,11H2,2H3,(H,20,21). The SMILES string of the molecule is C#CCNC(=NC)N1CCOC(c2cccc(C(F)(F)F)c2)C1. The third-order valence-corrected chi connectivity index (χ3v) is 3.51. The second-order valence-corrected chi connectivity index (χ2v) is 5.03. The van der Waals surface area contributed by atoms with Crippen LogP contribution in [0.4, 0.5) is 13.2 Å². The number of halogens is 3. The van der Waals surface area contributed by atoms with Crippen LogP contribution >= 0.6 is 0 Å². The van der Waals surface area contributed by atoms with E-state index in [1.165, 1.54) is 6.07 Å². The third-order valence-electron chi connectivity index (χ3n) is 3.51. The summed E-state index contributed by atoms with van der Waals surface area (Å²) in [6.45, 7) is 1.74. The van der Waals surface area contributed by atoms with Gasteiger partial charge >= 0.3 is 6.18 Å². The van der Waals surface area contributed by atoms with Gasteiger partial charge in [-0.25, -0.2) is 0 Å². The Kier molecular flexibility index (Phi) is 5.50. The van der Waals surface area contributed by atoms with Crippen LogP contribution < -0.4 is 5.32 Å². The molecule has 1 N–H and O–H groups in total. The molecular weight excluding hydrogens is 307 g/mol. The van der Waals surface area contributed by atoms with Crippen molar-refractivity contribution >= 4 is 5.96 Å². The number of aliphatic imine (C=N–C) groups is 1. The lowest BCUT2D eigenvalue weighted by Gasteiger charge is -2.35. The zero-order valence-corrected chi connectivity index (χ0v) is 12.7. The second-order valence-electron chi connectivity index (χ2n) is 5.03. The van der Waals surface area contributed by atoms with E-state index in [1.54, 1.807) is 13.1 Å². The van der Waals surface area contributed by atoms with E-state index in [0.29, 0.717) is 37.8 Å². The van der Waals surface area contributed by atoms with Crippen LogP contribution in [0.25, 0.3) is 0 Å². The van der Waals surface area contributed by atoms with Gasteiger partial charge in [0.1, 0.15) is 6.10 Å². The van der Waals surface area contributed by atoms with Gasteiger partial charge in [0.2, 0.25) is 0 Å². The van der Waals surface area contributed by atoms with Crippen molar-refractivity contribution in [1.29, 1.82) is 0 Å². The minimum atomic E-state index is -4.37. The first-order valence-corrected chi connectivity index (χ1v) is 7.13. The van der Waals surface area contributed by atoms with Crippen molar-refractivity contribution in [1.82, 2.24) is 10.2 Å². The van der Waals surface area contributed by atoms with Gasteiger partial charge in [0, 0.05) is 13.6 Å². The zero-order chi connectivity index (χ0) is 16.9. The Hall–Kier alpha value is -2.20. The number of nitrogens with zero attached hydrogens (tertiary/aromatic N) is 2. The fourth-order valence-corrected chi connectivity index (χ4v) is 2.42. The summed E-state index contributed by atoms with van der Waals surface area (Å²) in [6.07, 6.45) is 0.405. The van der Waals surface area contributed by atoms with Crippen molar-refractivity contribution in [2.24, 2.45) is 4.99 Å². The highest BCUT2D eigenvalue weighted by Gasteiger charge is 2.32. The Balaban J connectivity index is 2.14. The molecule has 7 heteroatoms. The Morgan fingerprint density at radius 1 is 1.52 bits per heavy atom. The molecule has 1 aromatic rings. The fourth-order valence-electron chi connectivity index (χ4n) is 2.42. The second kappa shape index (κ2) is 7.38. The Morgan fingerprint density at radius 3 is 2.96 bits per heavy atom. The van der Waals surface area contributed by atoms with E-state index in [9.17, 15) is 13.2 Å². The van der Waals surface area contributed by atoms with Crippen molar-refractivity contribution < 1.29 is 17.9 Å². The number of alkyl halides is 3. The first kappa shape index (κ1) is 17.2. The highest BCUT2D eigenvalue weighted by Crippen LogP contribution is 2.32. The predicted octanol–water partition coefficient (Wildman–Crippen LogP) is 2.29. The molecule has 1 saturated heterocycles. The summed E-state index contributed by atoms with van der Waals surface area (Å²) < 4.78 is 44.1. The molecule has 0 aliphatic carbocycles. The summed E-state index contributed by atoms with van der Waals surface area (Å²) in [6, 6.07) is 5.22. The van der Waals surface area contributed by atoms with Crippen molar-refractivity contribution in [3.05, 3.63) is 35.4 Å². The van der Waals surface area contributed by atoms with E-state index in [4.69, 9.17) is 11.2 Å². The number of ether oxygens (including phenoxy) is 1. The molecule has 1 aliphatic heterocycles. The molecule has 1 fully saturated rings. The van der Waals surface area contributed by atoms with Gasteiger partial charge < -0.3 is 15.0 Å². The van der Waals surface area contributed by atoms with Crippen molar-refractivity contribution in [3.8, 4) is 12.3 Å². The number of hydrogen-bond acceptors (Lipinski definition) is 2. The number of terminal acetylenes is 1. The lowest BCUT2D eigenvalue weighted by Crippen LogP contribution is -2.48. The van der Waals surface area contributed by atoms with Crippen molar-refractivity contribution in [2.75, 3.05) is 33.3 Å². The van der Waals surface area contributed by atoms with Crippen molar-refractivity contribution in [2.45, 2.75) is 12.3 Å². The predicted molar refractivity (Wildman–Crippen MR) is 81.9 cm³/mol. The lowest BCUT2D eigenvalue weighted by atomic mass is 10.0. The summed E-state index contributed by atoms with van der Waals surface area (Å²) in [5.41, 5.74) is -0.178. The molecule has 0 spiro atoms. The summed E-state index contributed by atoms with van der Waals surface area (Å²) >= 11 is 0. The zero-order valence-electron chi connectivity index (χ0n) is 12.7. The lowest BCUT2D eigenvalue weighted by molar-refractivity contribution is -0.137. The summed E-state index contributed by atoms with van der Waals surface area (Å²) in [7, 11) is 1.63. The van der Waals surface area contributed by atoms with E-state index in [-0.39, 0.29) is 0 Å². The van der Waals surface area contributed by atoms with Crippen LogP contribution in [0.15, 0.2) is 29.3 Å². The normalized spacial score (nSPS) is 19.3. The van der Waals surface area contributed by atoms with Gasteiger partial charge in [0.15, 0.2) is 5.96 Å². The molecule has 1 heterocycles. The van der Waals surface area contributed by atoms with Gasteiger partial charge in [-0.1, -0.05) is 18.1 Å². The minimum absolute atomic E-state index is 0.332. The molecule has 4 nitrogen and oxygen atoms in total. The summed E-state index contributed by atoms with van der Waals surface area (Å²) in [4.78, 5) is 6.06. The molecule has 0 aromatic heterocycles. The van der Waals surface area contributed by atoms with Crippen molar-refractivity contribution in [3.63, 3.8) is 0 Å². The number of guanidine groups is 1. The third kappa shape index (κ3) is 4.39. The van der Waals surface area contributed by atoms with Crippen LogP contribution in [0.2, 0.25) is 0 Å². The quantitative estimate of drug-likeness (QED) is 0.515. The molecule has 1 aliphatic rings. The summed E-state index contributed by atoms with van der Waals surface area (Å²) in [5.74, 6) is 3.08. The number of morpholine rings is 1. The van der Waals surface area contributed by atoms with Crippen LogP contribution in [0, 0.1) is 12.3 Å². The van der Waals surface area contributed by atoms with Crippen LogP contribution in [-0.2, 0) is 10.9 Å².